The Morgan fingerprint density at radius 2 is 0.571 bits per heavy atom. The summed E-state index contributed by atoms with van der Waals surface area (Å²) < 4.78 is 0. The number of rotatable bonds is 4. The number of hydrogen-bond donors (Lipinski definition) is 2. The molecule has 9 rings (SSSR count). The minimum Gasteiger partial charge on any atom is -0.354 e. The van der Waals surface area contributed by atoms with Crippen LogP contribution in [-0.4, -0.2) is 39.9 Å². The number of fused-ring (bicyclic) bond motifs is 8. The number of nitrogens with one attached hydrogen (secondary N) is 2. The van der Waals surface area contributed by atoms with Gasteiger partial charge in [0.15, 0.2) is 0 Å². The van der Waals surface area contributed by atoms with Crippen molar-refractivity contribution in [2.75, 3.05) is 0 Å². The van der Waals surface area contributed by atoms with Crippen molar-refractivity contribution in [2.24, 2.45) is 0 Å². The van der Waals surface area contributed by atoms with E-state index in [0.717, 1.165) is 89.4 Å². The fourth-order valence-electron chi connectivity index (χ4n) is 6.49. The predicted molar refractivity (Wildman–Crippen MR) is 192 cm³/mol. The Balaban J connectivity index is 0.00000348. The van der Waals surface area contributed by atoms with Gasteiger partial charge in [-0.05, 0) is 119 Å². The molecule has 0 saturated heterocycles. The molecule has 0 aromatic carbocycles. The van der Waals surface area contributed by atoms with Crippen molar-refractivity contribution in [3.63, 3.8) is 0 Å². The first-order valence-electron chi connectivity index (χ1n) is 15.6. The van der Waals surface area contributed by atoms with E-state index in [1.807, 2.05) is 85.7 Å². The maximum absolute atomic E-state index is 5.28. The Hall–Kier alpha value is -6.31. The first kappa shape index (κ1) is 30.1. The number of pyridine rings is 4. The normalized spacial score (nSPS) is 11.8. The van der Waals surface area contributed by atoms with E-state index in [0.29, 0.717) is 0 Å². The van der Waals surface area contributed by atoms with Crippen LogP contribution in [0.5, 0.6) is 0 Å². The third-order valence-corrected chi connectivity index (χ3v) is 8.63. The van der Waals surface area contributed by atoms with E-state index in [9.17, 15) is 0 Å². The minimum atomic E-state index is 0. The molecule has 9 heterocycles. The van der Waals surface area contributed by atoms with Crippen LogP contribution in [0.2, 0.25) is 0 Å². The van der Waals surface area contributed by atoms with Crippen LogP contribution in [0.4, 0.5) is 0 Å². The summed E-state index contributed by atoms with van der Waals surface area (Å²) in [5.41, 5.74) is 15.0. The van der Waals surface area contributed by atoms with Crippen LogP contribution in [0, 0.1) is 0 Å². The van der Waals surface area contributed by atoms with E-state index in [1.54, 1.807) is 12.4 Å². The van der Waals surface area contributed by atoms with E-state index in [2.05, 4.69) is 78.5 Å². The van der Waals surface area contributed by atoms with Crippen molar-refractivity contribution in [1.29, 1.82) is 0 Å². The number of aromatic nitrogens is 8. The summed E-state index contributed by atoms with van der Waals surface area (Å²) in [4.78, 5) is 35.2. The van der Waals surface area contributed by atoms with Gasteiger partial charge in [0.1, 0.15) is 0 Å². The molecule has 2 aliphatic heterocycles. The molecule has 0 aliphatic carbocycles. The second-order valence-electron chi connectivity index (χ2n) is 11.4. The van der Waals surface area contributed by atoms with Crippen LogP contribution >= 0.6 is 0 Å². The molecule has 7 aromatic heterocycles. The first-order chi connectivity index (χ1) is 23.8. The molecule has 0 radical (unpaired) electrons. The van der Waals surface area contributed by atoms with E-state index < -0.39 is 0 Å². The molecule has 0 fully saturated rings. The molecule has 7 aromatic rings. The van der Waals surface area contributed by atoms with Crippen molar-refractivity contribution in [3.8, 4) is 44.5 Å². The molecule has 0 amide bonds. The number of aromatic amines is 2. The van der Waals surface area contributed by atoms with Gasteiger partial charge in [0.25, 0.3) is 0 Å². The average molecular weight is 677 g/mol. The summed E-state index contributed by atoms with van der Waals surface area (Å²) in [5, 5.41) is 0. The Bertz CT molecular complexity index is 2400. The summed E-state index contributed by atoms with van der Waals surface area (Å²) in [6.07, 6.45) is 22.8. The van der Waals surface area contributed by atoms with Crippen molar-refractivity contribution in [3.05, 3.63) is 145 Å². The Kier molecular flexibility index (Phi) is 7.80. The van der Waals surface area contributed by atoms with Gasteiger partial charge in [-0.25, -0.2) is 9.97 Å². The Labute approximate surface area is 291 Å². The van der Waals surface area contributed by atoms with E-state index >= 15 is 0 Å². The van der Waals surface area contributed by atoms with Crippen molar-refractivity contribution < 1.29 is 16.5 Å². The second-order valence-corrected chi connectivity index (χ2v) is 11.4. The van der Waals surface area contributed by atoms with Gasteiger partial charge in [-0.2, -0.15) is 0 Å². The van der Waals surface area contributed by atoms with Gasteiger partial charge in [-0.15, -0.1) is 0 Å². The first-order valence-corrected chi connectivity index (χ1v) is 15.6. The largest absolute Gasteiger partial charge is 0.354 e. The van der Waals surface area contributed by atoms with Gasteiger partial charge < -0.3 is 9.97 Å². The zero-order valence-electron chi connectivity index (χ0n) is 25.9. The van der Waals surface area contributed by atoms with Crippen molar-refractivity contribution in [1.82, 2.24) is 39.9 Å². The zero-order valence-corrected chi connectivity index (χ0v) is 26.8. The standard InChI is InChI=1S/C40H26N8.Ni/c1-2-30-38(26-11-19-42-20-12-26)32-5-6-34(47-32)40(28-15-23-44-24-16-28)36-8-7-35(48-36)39(27-13-21-43-22-14-27)33-4-3-31(46-33)37(29(1)45-30)25-9-17-41-18-10-25;/h1-24,45-46H;. The number of hydrogen-bond acceptors (Lipinski definition) is 6. The molecular formula is C40H26N8Ni. The SMILES string of the molecule is C1=Cc2nc1c(-c1ccncc1)c1nc(c(-c3ccncc3)c3ccc([nH]3)c(-c3ccncc3)c3ccc([nH]3)c2-c2ccncc2)C=C1.[Ni]. The maximum atomic E-state index is 5.28. The third kappa shape index (κ3) is 5.46. The van der Waals surface area contributed by atoms with Crippen LogP contribution in [-0.2, 0) is 16.5 Å². The summed E-state index contributed by atoms with van der Waals surface area (Å²) in [6.45, 7) is 0. The van der Waals surface area contributed by atoms with Crippen LogP contribution in [0.25, 0.3) is 90.9 Å². The summed E-state index contributed by atoms with van der Waals surface area (Å²) in [7, 11) is 0. The average Bonchev–Trinajstić information content (AvgIpc) is 3.98. The van der Waals surface area contributed by atoms with Crippen LogP contribution < -0.4 is 0 Å². The van der Waals surface area contributed by atoms with Crippen LogP contribution in [0.3, 0.4) is 0 Å². The molecule has 0 saturated carbocycles. The van der Waals surface area contributed by atoms with Crippen LogP contribution in [0.15, 0.2) is 122 Å². The minimum absolute atomic E-state index is 0. The summed E-state index contributed by atoms with van der Waals surface area (Å²) in [5.74, 6) is 0. The summed E-state index contributed by atoms with van der Waals surface area (Å²) in [6, 6.07) is 24.6. The molecule has 236 valence electrons. The zero-order chi connectivity index (χ0) is 31.9. The molecule has 2 N–H and O–H groups in total. The number of nitrogens with zero attached hydrogens (tertiary/aromatic N) is 6. The molecule has 8 bridgehead atoms. The molecule has 9 heteroatoms. The summed E-state index contributed by atoms with van der Waals surface area (Å²) >= 11 is 0. The molecule has 0 unspecified atom stereocenters. The molecule has 2 aliphatic rings. The van der Waals surface area contributed by atoms with E-state index in [-0.39, 0.29) is 16.5 Å². The Morgan fingerprint density at radius 1 is 0.306 bits per heavy atom. The molecular weight excluding hydrogens is 651 g/mol. The van der Waals surface area contributed by atoms with Crippen LogP contribution in [0.1, 0.15) is 22.8 Å². The van der Waals surface area contributed by atoms with Gasteiger partial charge in [-0.3, -0.25) is 19.9 Å². The number of H-pyrrole nitrogens is 2. The van der Waals surface area contributed by atoms with E-state index in [1.165, 1.54) is 0 Å². The molecule has 49 heavy (non-hydrogen) atoms. The second kappa shape index (κ2) is 12.7. The smallest absolute Gasteiger partial charge is 0.0738 e. The predicted octanol–water partition coefficient (Wildman–Crippen LogP) is 8.90. The van der Waals surface area contributed by atoms with Gasteiger partial charge >= 0.3 is 0 Å². The monoisotopic (exact) mass is 676 g/mol. The third-order valence-electron chi connectivity index (χ3n) is 8.63. The van der Waals surface area contributed by atoms with Gasteiger partial charge in [0, 0.05) is 110 Å². The molecule has 0 spiro atoms. The topological polar surface area (TPSA) is 109 Å². The molecule has 8 nitrogen and oxygen atoms in total. The van der Waals surface area contributed by atoms with Gasteiger partial charge in [0.05, 0.1) is 22.8 Å². The quantitative estimate of drug-likeness (QED) is 0.180. The van der Waals surface area contributed by atoms with Crippen molar-refractivity contribution in [2.45, 2.75) is 0 Å². The maximum Gasteiger partial charge on any atom is 0.0738 e. The van der Waals surface area contributed by atoms with E-state index in [4.69, 9.17) is 9.97 Å². The fourth-order valence-corrected chi connectivity index (χ4v) is 6.49. The van der Waals surface area contributed by atoms with Crippen molar-refractivity contribution >= 4 is 46.4 Å². The fraction of sp³-hybridized carbons (Fsp3) is 0. The van der Waals surface area contributed by atoms with Gasteiger partial charge in [0.2, 0.25) is 0 Å². The Morgan fingerprint density at radius 3 is 0.918 bits per heavy atom. The molecule has 0 atom stereocenters. The van der Waals surface area contributed by atoms with Gasteiger partial charge in [-0.1, -0.05) is 0 Å².